The summed E-state index contributed by atoms with van der Waals surface area (Å²) in [7, 11) is 0. The molecule has 0 aliphatic rings. The van der Waals surface area contributed by atoms with Crippen LogP contribution in [0.4, 0.5) is 0 Å². The Morgan fingerprint density at radius 3 is 2.86 bits per heavy atom. The van der Waals surface area contributed by atoms with Crippen LogP contribution in [-0.4, -0.2) is 10.8 Å². The number of aromatic amines is 1. The molecule has 0 aliphatic carbocycles. The Bertz CT molecular complexity index is 473. The van der Waals surface area contributed by atoms with E-state index in [9.17, 15) is 4.79 Å². The first kappa shape index (κ1) is 8.97. The molecule has 0 bridgehead atoms. The average molecular weight is 188 g/mol. The number of rotatable bonds is 2. The molecule has 0 unspecified atom stereocenters. The van der Waals surface area contributed by atoms with Gasteiger partial charge in [-0.05, 0) is 13.0 Å². The summed E-state index contributed by atoms with van der Waals surface area (Å²) in [5.74, 6) is -0.0187. The largest absolute Gasteiger partial charge is 0.361 e. The summed E-state index contributed by atoms with van der Waals surface area (Å²) in [6.07, 6.45) is 1.80. The van der Waals surface area contributed by atoms with Crippen LogP contribution in [0.2, 0.25) is 0 Å². The molecule has 0 amide bonds. The molecule has 3 N–H and O–H groups in total. The molecule has 0 fully saturated rings. The van der Waals surface area contributed by atoms with E-state index in [1.54, 1.807) is 6.20 Å². The summed E-state index contributed by atoms with van der Waals surface area (Å²) in [5, 5.41) is 1.02. The molecule has 3 heteroatoms. The third-order valence-corrected chi connectivity index (χ3v) is 2.39. The fraction of sp³-hybridized carbons (Fsp3) is 0.182. The second-order valence-electron chi connectivity index (χ2n) is 3.38. The Labute approximate surface area is 81.9 Å². The van der Waals surface area contributed by atoms with Crippen molar-refractivity contribution in [3.8, 4) is 0 Å². The number of nitrogens with two attached hydrogens (primary N) is 1. The van der Waals surface area contributed by atoms with E-state index < -0.39 is 6.04 Å². The summed E-state index contributed by atoms with van der Waals surface area (Å²) in [6.45, 7) is 1.51. The van der Waals surface area contributed by atoms with Gasteiger partial charge in [0, 0.05) is 22.7 Å². The minimum absolute atomic E-state index is 0.0187. The number of benzene rings is 1. The Kier molecular flexibility index (Phi) is 2.09. The normalized spacial score (nSPS) is 13.0. The van der Waals surface area contributed by atoms with Crippen molar-refractivity contribution >= 4 is 16.7 Å². The monoisotopic (exact) mass is 188 g/mol. The number of nitrogens with one attached hydrogen (secondary N) is 1. The zero-order valence-electron chi connectivity index (χ0n) is 7.95. The second kappa shape index (κ2) is 3.27. The maximum atomic E-state index is 11.1. The number of para-hydroxylation sites is 1. The number of H-pyrrole nitrogens is 1. The van der Waals surface area contributed by atoms with E-state index in [1.165, 1.54) is 6.92 Å². The van der Waals surface area contributed by atoms with Crippen molar-refractivity contribution in [3.05, 3.63) is 36.0 Å². The highest BCUT2D eigenvalue weighted by molar-refractivity contribution is 5.91. The molecule has 72 valence electrons. The van der Waals surface area contributed by atoms with Gasteiger partial charge in [-0.3, -0.25) is 4.79 Å². The molecule has 14 heavy (non-hydrogen) atoms. The van der Waals surface area contributed by atoms with Crippen LogP contribution in [0, 0.1) is 0 Å². The maximum Gasteiger partial charge on any atom is 0.151 e. The van der Waals surface area contributed by atoms with E-state index in [4.69, 9.17) is 5.73 Å². The fourth-order valence-electron chi connectivity index (χ4n) is 1.57. The molecular formula is C11H12N2O. The summed E-state index contributed by atoms with van der Waals surface area (Å²) in [4.78, 5) is 14.2. The van der Waals surface area contributed by atoms with Crippen LogP contribution >= 0.6 is 0 Å². The molecular weight excluding hydrogens is 176 g/mol. The van der Waals surface area contributed by atoms with Gasteiger partial charge >= 0.3 is 0 Å². The third kappa shape index (κ3) is 1.32. The molecule has 0 saturated carbocycles. The summed E-state index contributed by atoms with van der Waals surface area (Å²) in [5.41, 5.74) is 7.66. The lowest BCUT2D eigenvalue weighted by molar-refractivity contribution is -0.118. The van der Waals surface area contributed by atoms with Crippen LogP contribution in [0.15, 0.2) is 30.5 Å². The van der Waals surface area contributed by atoms with E-state index in [0.29, 0.717) is 0 Å². The third-order valence-electron chi connectivity index (χ3n) is 2.39. The van der Waals surface area contributed by atoms with E-state index in [2.05, 4.69) is 4.98 Å². The zero-order valence-corrected chi connectivity index (χ0v) is 7.95. The molecule has 0 saturated heterocycles. The predicted octanol–water partition coefficient (Wildman–Crippen LogP) is 1.76. The van der Waals surface area contributed by atoms with Gasteiger partial charge in [0.05, 0.1) is 6.04 Å². The predicted molar refractivity (Wildman–Crippen MR) is 55.9 cm³/mol. The van der Waals surface area contributed by atoms with Gasteiger partial charge in [0.2, 0.25) is 0 Å². The van der Waals surface area contributed by atoms with E-state index in [1.807, 2.05) is 24.3 Å². The van der Waals surface area contributed by atoms with Crippen LogP contribution < -0.4 is 5.73 Å². The van der Waals surface area contributed by atoms with Crippen molar-refractivity contribution in [1.29, 1.82) is 0 Å². The zero-order chi connectivity index (χ0) is 10.1. The Balaban J connectivity index is 2.58. The number of carbonyl (C=O) groups is 1. The lowest BCUT2D eigenvalue weighted by Crippen LogP contribution is -2.17. The van der Waals surface area contributed by atoms with Crippen LogP contribution in [0.25, 0.3) is 10.9 Å². The molecule has 1 heterocycles. The smallest absolute Gasteiger partial charge is 0.151 e. The van der Waals surface area contributed by atoms with Crippen LogP contribution in [-0.2, 0) is 4.79 Å². The Hall–Kier alpha value is -1.61. The second-order valence-corrected chi connectivity index (χ2v) is 3.38. The number of ketones is 1. The van der Waals surface area contributed by atoms with E-state index in [0.717, 1.165) is 16.5 Å². The molecule has 0 radical (unpaired) electrons. The van der Waals surface area contributed by atoms with Crippen molar-refractivity contribution in [2.75, 3.05) is 0 Å². The van der Waals surface area contributed by atoms with Crippen molar-refractivity contribution in [2.45, 2.75) is 13.0 Å². The number of aromatic nitrogens is 1. The average Bonchev–Trinajstić information content (AvgIpc) is 2.60. The minimum atomic E-state index is -0.522. The number of fused-ring (bicyclic) bond motifs is 1. The first-order valence-corrected chi connectivity index (χ1v) is 4.52. The fourth-order valence-corrected chi connectivity index (χ4v) is 1.57. The highest BCUT2D eigenvalue weighted by Gasteiger charge is 2.14. The lowest BCUT2D eigenvalue weighted by Gasteiger charge is -2.05. The minimum Gasteiger partial charge on any atom is -0.361 e. The molecule has 0 spiro atoms. The number of hydrogen-bond donors (Lipinski definition) is 2. The van der Waals surface area contributed by atoms with Gasteiger partial charge in [0.15, 0.2) is 5.78 Å². The Morgan fingerprint density at radius 2 is 2.14 bits per heavy atom. The summed E-state index contributed by atoms with van der Waals surface area (Å²) < 4.78 is 0. The molecule has 1 aromatic heterocycles. The van der Waals surface area contributed by atoms with E-state index >= 15 is 0 Å². The quantitative estimate of drug-likeness (QED) is 0.754. The van der Waals surface area contributed by atoms with Gasteiger partial charge in [-0.2, -0.15) is 0 Å². The summed E-state index contributed by atoms with van der Waals surface area (Å²) in [6, 6.07) is 7.29. The highest BCUT2D eigenvalue weighted by Crippen LogP contribution is 2.22. The van der Waals surface area contributed by atoms with Crippen molar-refractivity contribution in [2.24, 2.45) is 5.73 Å². The maximum absolute atomic E-state index is 11.1. The molecule has 3 nitrogen and oxygen atoms in total. The van der Waals surface area contributed by atoms with Crippen molar-refractivity contribution in [3.63, 3.8) is 0 Å². The van der Waals surface area contributed by atoms with Gasteiger partial charge in [0.25, 0.3) is 0 Å². The number of hydrogen-bond acceptors (Lipinski definition) is 2. The van der Waals surface area contributed by atoms with Gasteiger partial charge < -0.3 is 10.7 Å². The molecule has 0 aliphatic heterocycles. The number of Topliss-reactive ketones (excluding diaryl/α,β-unsaturated/α-hetero) is 1. The lowest BCUT2D eigenvalue weighted by atomic mass is 10.0. The van der Waals surface area contributed by atoms with Gasteiger partial charge in [-0.15, -0.1) is 0 Å². The topological polar surface area (TPSA) is 58.9 Å². The first-order valence-electron chi connectivity index (χ1n) is 4.52. The van der Waals surface area contributed by atoms with Gasteiger partial charge in [-0.25, -0.2) is 0 Å². The standard InChI is InChI=1S/C11H12N2O/c1-7(14)11(12)9-6-13-10-5-3-2-4-8(9)10/h2-6,11,13H,12H2,1H3/t11-/m0/s1. The highest BCUT2D eigenvalue weighted by atomic mass is 16.1. The van der Waals surface area contributed by atoms with E-state index in [-0.39, 0.29) is 5.78 Å². The number of carbonyl (C=O) groups excluding carboxylic acids is 1. The summed E-state index contributed by atoms with van der Waals surface area (Å²) >= 11 is 0. The van der Waals surface area contributed by atoms with Crippen molar-refractivity contribution < 1.29 is 4.79 Å². The molecule has 2 aromatic rings. The Morgan fingerprint density at radius 1 is 1.43 bits per heavy atom. The van der Waals surface area contributed by atoms with Gasteiger partial charge in [0.1, 0.15) is 0 Å². The SMILES string of the molecule is CC(=O)[C@H](N)c1c[nH]c2ccccc12. The van der Waals surface area contributed by atoms with Crippen LogP contribution in [0.3, 0.4) is 0 Å². The van der Waals surface area contributed by atoms with Gasteiger partial charge in [-0.1, -0.05) is 18.2 Å². The molecule has 2 rings (SSSR count). The molecule has 1 atom stereocenters. The first-order chi connectivity index (χ1) is 6.70. The molecule has 1 aromatic carbocycles. The van der Waals surface area contributed by atoms with Crippen LogP contribution in [0.5, 0.6) is 0 Å². The van der Waals surface area contributed by atoms with Crippen molar-refractivity contribution in [1.82, 2.24) is 4.98 Å². The van der Waals surface area contributed by atoms with Crippen LogP contribution in [0.1, 0.15) is 18.5 Å².